The van der Waals surface area contributed by atoms with Crippen LogP contribution in [0.5, 0.6) is 0 Å². The minimum Gasteiger partial charge on any atom is -0.480 e. The molecule has 11 heavy (non-hydrogen) atoms. The summed E-state index contributed by atoms with van der Waals surface area (Å²) in [4.78, 5) is 16.8. The summed E-state index contributed by atoms with van der Waals surface area (Å²) in [5.74, 6) is -1.00. The first kappa shape index (κ1) is 7.74. The second kappa shape index (κ2) is 3.16. The Balaban J connectivity index is 2.50. The fourth-order valence-electron chi connectivity index (χ4n) is 0.721. The highest BCUT2D eigenvalue weighted by molar-refractivity contribution is 5.73. The highest BCUT2D eigenvalue weighted by Crippen LogP contribution is 1.95. The summed E-state index contributed by atoms with van der Waals surface area (Å²) in [5, 5.41) is 8.42. The number of H-pyrrole nitrogens is 1. The maximum absolute atomic E-state index is 10.3. The van der Waals surface area contributed by atoms with E-state index in [0.717, 1.165) is 5.69 Å². The highest BCUT2D eigenvalue weighted by Gasteiger charge is 2.11. The van der Waals surface area contributed by atoms with E-state index >= 15 is 0 Å². The van der Waals surface area contributed by atoms with E-state index < -0.39 is 12.0 Å². The third kappa shape index (κ3) is 2.05. The maximum Gasteiger partial charge on any atom is 0.320 e. The standard InChI is InChI=1S/C6H9N3O2/c7-5(6(10)11)1-4-2-8-3-9-4/h2-3,5H,1,7H2,(H,8,9)(H,10,11)/t5-/m0/s1/i2+1,3+1,6+1. The van der Waals surface area contributed by atoms with Crippen LogP contribution in [-0.4, -0.2) is 27.1 Å². The molecule has 5 nitrogen and oxygen atoms in total. The van der Waals surface area contributed by atoms with Crippen molar-refractivity contribution in [3.63, 3.8) is 0 Å². The minimum absolute atomic E-state index is 0.287. The Morgan fingerprint density at radius 3 is 3.09 bits per heavy atom. The Kier molecular flexibility index (Phi) is 2.22. The van der Waals surface area contributed by atoms with Crippen LogP contribution in [-0.2, 0) is 11.2 Å². The quantitative estimate of drug-likeness (QED) is 0.510. The molecule has 1 atom stereocenters. The van der Waals surface area contributed by atoms with E-state index in [2.05, 4.69) is 9.97 Å². The van der Waals surface area contributed by atoms with Crippen LogP contribution in [0.25, 0.3) is 0 Å². The summed E-state index contributed by atoms with van der Waals surface area (Å²) in [6.45, 7) is 0. The topological polar surface area (TPSA) is 92.0 Å². The molecule has 0 aliphatic carbocycles. The van der Waals surface area contributed by atoms with Crippen molar-refractivity contribution in [2.45, 2.75) is 12.5 Å². The Morgan fingerprint density at radius 2 is 2.64 bits per heavy atom. The molecule has 0 bridgehead atoms. The van der Waals surface area contributed by atoms with Crippen LogP contribution in [0.2, 0.25) is 0 Å². The van der Waals surface area contributed by atoms with E-state index in [4.69, 9.17) is 10.8 Å². The molecule has 1 aromatic heterocycles. The third-order valence-electron chi connectivity index (χ3n) is 1.31. The molecule has 0 unspecified atom stereocenters. The van der Waals surface area contributed by atoms with Gasteiger partial charge in [0.1, 0.15) is 6.04 Å². The molecule has 0 saturated heterocycles. The van der Waals surface area contributed by atoms with Crippen LogP contribution in [0.1, 0.15) is 5.69 Å². The van der Waals surface area contributed by atoms with E-state index in [-0.39, 0.29) is 6.42 Å². The zero-order valence-electron chi connectivity index (χ0n) is 5.82. The van der Waals surface area contributed by atoms with Gasteiger partial charge in [-0.05, 0) is 0 Å². The average molecular weight is 158 g/mol. The molecule has 0 saturated carbocycles. The van der Waals surface area contributed by atoms with Crippen molar-refractivity contribution in [1.29, 1.82) is 0 Å². The number of imidazole rings is 1. The van der Waals surface area contributed by atoms with Gasteiger partial charge in [-0.1, -0.05) is 0 Å². The SMILES string of the molecule is N[C@@H](Cc1[13cH]n[13cH][nH]1)[13C](=O)O. The van der Waals surface area contributed by atoms with Crippen molar-refractivity contribution in [2.24, 2.45) is 5.73 Å². The Hall–Kier alpha value is -1.36. The molecule has 0 radical (unpaired) electrons. The lowest BCUT2D eigenvalue weighted by atomic mass is 10.3. The number of hydrogen-bond donors (Lipinski definition) is 3. The molecular formula is C6H9N3O2. The molecule has 60 valence electrons. The molecule has 0 aliphatic rings. The lowest BCUT2D eigenvalue weighted by Crippen LogP contribution is -2.32. The van der Waals surface area contributed by atoms with Gasteiger partial charge in [0, 0.05) is 18.3 Å². The van der Waals surface area contributed by atoms with Crippen LogP contribution in [0.3, 0.4) is 0 Å². The van der Waals surface area contributed by atoms with Crippen LogP contribution in [0.15, 0.2) is 12.5 Å². The van der Waals surface area contributed by atoms with Gasteiger partial charge >= 0.3 is 5.97 Å². The van der Waals surface area contributed by atoms with Crippen molar-refractivity contribution >= 4 is 5.97 Å². The zero-order chi connectivity index (χ0) is 8.27. The van der Waals surface area contributed by atoms with Gasteiger partial charge in [0.2, 0.25) is 0 Å². The summed E-state index contributed by atoms with van der Waals surface area (Å²) in [7, 11) is 0. The summed E-state index contributed by atoms with van der Waals surface area (Å²) in [6, 6.07) is -0.851. The normalized spacial score (nSPS) is 12.8. The molecule has 1 rings (SSSR count). The molecule has 4 N–H and O–H groups in total. The molecule has 0 amide bonds. The second-order valence-corrected chi connectivity index (χ2v) is 2.23. The number of nitrogens with zero attached hydrogens (tertiary/aromatic N) is 1. The highest BCUT2D eigenvalue weighted by atomic mass is 16.5. The first-order chi connectivity index (χ1) is 5.20. The molecule has 1 heterocycles. The van der Waals surface area contributed by atoms with Gasteiger partial charge in [-0.3, -0.25) is 4.79 Å². The average Bonchev–Trinajstić information content (AvgIpc) is 2.39. The largest absolute Gasteiger partial charge is 0.480 e. The van der Waals surface area contributed by atoms with Crippen molar-refractivity contribution in [2.75, 3.05) is 0 Å². The molecule has 5 heteroatoms. The molecular weight excluding hydrogens is 149 g/mol. The van der Waals surface area contributed by atoms with E-state index in [9.17, 15) is 4.79 Å². The van der Waals surface area contributed by atoms with Crippen molar-refractivity contribution < 1.29 is 9.90 Å². The number of hydrogen-bond acceptors (Lipinski definition) is 3. The third-order valence-corrected chi connectivity index (χ3v) is 1.31. The second-order valence-electron chi connectivity index (χ2n) is 2.23. The summed E-state index contributed by atoms with van der Waals surface area (Å²) >= 11 is 0. The van der Waals surface area contributed by atoms with E-state index in [0.29, 0.717) is 0 Å². The summed E-state index contributed by atoms with van der Waals surface area (Å²) in [5.41, 5.74) is 6.00. The van der Waals surface area contributed by atoms with Crippen LogP contribution >= 0.6 is 0 Å². The molecule has 1 aromatic rings. The minimum atomic E-state index is -1.00. The number of carbonyl (C=O) groups is 1. The van der Waals surface area contributed by atoms with Gasteiger partial charge in [0.25, 0.3) is 0 Å². The summed E-state index contributed by atoms with van der Waals surface area (Å²) < 4.78 is 0. The number of aromatic nitrogens is 2. The van der Waals surface area contributed by atoms with Gasteiger partial charge in [-0.2, -0.15) is 0 Å². The van der Waals surface area contributed by atoms with Gasteiger partial charge in [-0.15, -0.1) is 0 Å². The van der Waals surface area contributed by atoms with E-state index in [1.807, 2.05) is 0 Å². The monoisotopic (exact) mass is 158 g/mol. The van der Waals surface area contributed by atoms with Crippen molar-refractivity contribution in [1.82, 2.24) is 9.97 Å². The maximum atomic E-state index is 10.3. The van der Waals surface area contributed by atoms with Gasteiger partial charge < -0.3 is 15.8 Å². The summed E-state index contributed by atoms with van der Waals surface area (Å²) in [6.07, 6.45) is 3.34. The van der Waals surface area contributed by atoms with Crippen molar-refractivity contribution in [3.05, 3.63) is 18.2 Å². The number of aliphatic carboxylic acids is 1. The Bertz CT molecular complexity index is 232. The number of carboxylic acid groups (broad SMARTS) is 1. The number of carboxylic acids is 1. The number of aromatic amines is 1. The lowest BCUT2D eigenvalue weighted by molar-refractivity contribution is -0.138. The van der Waals surface area contributed by atoms with Crippen LogP contribution < -0.4 is 5.73 Å². The predicted molar refractivity (Wildman–Crippen MR) is 37.9 cm³/mol. The molecule has 0 aliphatic heterocycles. The van der Waals surface area contributed by atoms with Crippen LogP contribution in [0.4, 0.5) is 0 Å². The van der Waals surface area contributed by atoms with Crippen LogP contribution in [0, 0.1) is 0 Å². The van der Waals surface area contributed by atoms with Crippen molar-refractivity contribution in [3.8, 4) is 0 Å². The number of nitrogens with one attached hydrogen (secondary N) is 1. The number of nitrogens with two attached hydrogens (primary N) is 1. The van der Waals surface area contributed by atoms with Gasteiger partial charge in [0.15, 0.2) is 0 Å². The molecule has 0 spiro atoms. The Labute approximate surface area is 63.3 Å². The first-order valence-corrected chi connectivity index (χ1v) is 3.16. The predicted octanol–water partition coefficient (Wildman–Crippen LogP) is -0.636. The van der Waals surface area contributed by atoms with E-state index in [1.54, 1.807) is 6.20 Å². The first-order valence-electron chi connectivity index (χ1n) is 3.16. The molecule has 0 fully saturated rings. The Morgan fingerprint density at radius 1 is 1.91 bits per heavy atom. The number of rotatable bonds is 3. The zero-order valence-corrected chi connectivity index (χ0v) is 5.82. The molecule has 0 aromatic carbocycles. The fraction of sp³-hybridized carbons (Fsp3) is 0.333. The fourth-order valence-corrected chi connectivity index (χ4v) is 0.721. The lowest BCUT2D eigenvalue weighted by Gasteiger charge is -2.02. The smallest absolute Gasteiger partial charge is 0.320 e. The van der Waals surface area contributed by atoms with E-state index in [1.165, 1.54) is 6.33 Å². The van der Waals surface area contributed by atoms with Gasteiger partial charge in [0.05, 0.1) is 6.33 Å². The van der Waals surface area contributed by atoms with Gasteiger partial charge in [-0.25, -0.2) is 4.98 Å².